The lowest BCUT2D eigenvalue weighted by molar-refractivity contribution is 0.167. The van der Waals surface area contributed by atoms with Gasteiger partial charge in [0.15, 0.2) is 5.82 Å². The van der Waals surface area contributed by atoms with Crippen LogP contribution >= 0.6 is 0 Å². The van der Waals surface area contributed by atoms with E-state index in [9.17, 15) is 4.79 Å². The second kappa shape index (κ2) is 6.02. The van der Waals surface area contributed by atoms with Crippen LogP contribution in [-0.4, -0.2) is 45.9 Å². The summed E-state index contributed by atoms with van der Waals surface area (Å²) in [5.41, 5.74) is 0. The summed E-state index contributed by atoms with van der Waals surface area (Å²) in [6.07, 6.45) is 1.67. The summed E-state index contributed by atoms with van der Waals surface area (Å²) in [7, 11) is 1.66. The van der Waals surface area contributed by atoms with Crippen molar-refractivity contribution in [3.8, 4) is 0 Å². The summed E-state index contributed by atoms with van der Waals surface area (Å²) in [5.74, 6) is 0.413. The quantitative estimate of drug-likeness (QED) is 0.789. The second-order valence-electron chi connectivity index (χ2n) is 3.60. The van der Waals surface area contributed by atoms with Crippen LogP contribution in [0.5, 0.6) is 0 Å². The van der Waals surface area contributed by atoms with E-state index >= 15 is 0 Å². The minimum absolute atomic E-state index is 0.263. The van der Waals surface area contributed by atoms with Gasteiger partial charge in [0, 0.05) is 19.8 Å². The molecule has 0 spiro atoms. The number of hydrogen-bond acceptors (Lipinski definition) is 4. The molecule has 2 amide bonds. The van der Waals surface area contributed by atoms with Gasteiger partial charge in [0.1, 0.15) is 0 Å². The molecule has 1 heterocycles. The molecule has 0 aromatic carbocycles. The summed E-state index contributed by atoms with van der Waals surface area (Å²) in [5, 5.41) is 19.1. The van der Waals surface area contributed by atoms with Crippen molar-refractivity contribution in [1.29, 1.82) is 0 Å². The van der Waals surface area contributed by atoms with Gasteiger partial charge in [-0.2, -0.15) is 5.10 Å². The summed E-state index contributed by atoms with van der Waals surface area (Å²) in [6.45, 7) is 2.18. The van der Waals surface area contributed by atoms with Crippen molar-refractivity contribution in [2.45, 2.75) is 19.4 Å². The summed E-state index contributed by atoms with van der Waals surface area (Å²) in [4.78, 5) is 13.1. The van der Waals surface area contributed by atoms with Crippen molar-refractivity contribution < 1.29 is 9.90 Å². The predicted molar refractivity (Wildman–Crippen MR) is 60.0 cm³/mol. The fourth-order valence-electron chi connectivity index (χ4n) is 1.06. The zero-order valence-electron chi connectivity index (χ0n) is 9.42. The topological polar surface area (TPSA) is 78.4 Å². The third-order valence-electron chi connectivity index (χ3n) is 2.04. The molecule has 6 heteroatoms. The van der Waals surface area contributed by atoms with Crippen LogP contribution < -0.4 is 5.32 Å². The zero-order valence-corrected chi connectivity index (χ0v) is 9.42. The van der Waals surface area contributed by atoms with Crippen molar-refractivity contribution in [2.75, 3.05) is 18.9 Å². The number of aliphatic hydroxyl groups is 1. The van der Waals surface area contributed by atoms with Crippen molar-refractivity contribution in [2.24, 2.45) is 0 Å². The van der Waals surface area contributed by atoms with Gasteiger partial charge in [-0.3, -0.25) is 5.32 Å². The van der Waals surface area contributed by atoms with E-state index in [2.05, 4.69) is 15.5 Å². The van der Waals surface area contributed by atoms with Gasteiger partial charge in [0.2, 0.25) is 0 Å². The van der Waals surface area contributed by atoms with Gasteiger partial charge in [0.05, 0.1) is 6.10 Å². The van der Waals surface area contributed by atoms with Crippen LogP contribution in [0.25, 0.3) is 0 Å². The molecule has 0 aliphatic carbocycles. The van der Waals surface area contributed by atoms with E-state index < -0.39 is 6.10 Å². The van der Waals surface area contributed by atoms with Crippen molar-refractivity contribution in [3.63, 3.8) is 0 Å². The first-order valence-electron chi connectivity index (χ1n) is 5.07. The number of carbonyl (C=O) groups excluding carboxylic acids is 1. The molecule has 88 valence electrons. The molecule has 0 bridgehead atoms. The standard InChI is InChI=1S/C10H16N4O2/c1-8(15)5-7-14(2)10(16)12-9-4-3-6-11-13-9/h3-4,6,8,15H,5,7H2,1-2H3,(H,12,13,16). The Labute approximate surface area is 94.3 Å². The summed E-state index contributed by atoms with van der Waals surface area (Å²) in [6, 6.07) is 3.09. The number of urea groups is 1. The normalized spacial score (nSPS) is 11.9. The Hall–Kier alpha value is -1.69. The van der Waals surface area contributed by atoms with E-state index in [1.165, 1.54) is 11.1 Å². The van der Waals surface area contributed by atoms with E-state index in [0.717, 1.165) is 0 Å². The van der Waals surface area contributed by atoms with Crippen LogP contribution in [-0.2, 0) is 0 Å². The van der Waals surface area contributed by atoms with Crippen molar-refractivity contribution in [3.05, 3.63) is 18.3 Å². The molecule has 1 unspecified atom stereocenters. The number of nitrogens with zero attached hydrogens (tertiary/aromatic N) is 3. The molecule has 0 radical (unpaired) electrons. The highest BCUT2D eigenvalue weighted by Gasteiger charge is 2.09. The van der Waals surface area contributed by atoms with E-state index in [1.807, 2.05) is 0 Å². The number of nitrogens with one attached hydrogen (secondary N) is 1. The number of hydrogen-bond donors (Lipinski definition) is 2. The third-order valence-corrected chi connectivity index (χ3v) is 2.04. The van der Waals surface area contributed by atoms with Crippen LogP contribution in [0.2, 0.25) is 0 Å². The van der Waals surface area contributed by atoms with Gasteiger partial charge in [-0.1, -0.05) is 0 Å². The monoisotopic (exact) mass is 224 g/mol. The maximum atomic E-state index is 11.6. The fraction of sp³-hybridized carbons (Fsp3) is 0.500. The number of amides is 2. The smallest absolute Gasteiger partial charge is 0.322 e. The Kier molecular flexibility index (Phi) is 4.65. The number of carbonyl (C=O) groups is 1. The Morgan fingerprint density at radius 3 is 3.00 bits per heavy atom. The van der Waals surface area contributed by atoms with Crippen LogP contribution in [0.3, 0.4) is 0 Å². The van der Waals surface area contributed by atoms with E-state index in [1.54, 1.807) is 26.1 Å². The Bertz CT molecular complexity index is 329. The lowest BCUT2D eigenvalue weighted by atomic mass is 10.3. The van der Waals surface area contributed by atoms with Crippen LogP contribution in [0, 0.1) is 0 Å². The lowest BCUT2D eigenvalue weighted by Crippen LogP contribution is -2.33. The average Bonchev–Trinajstić information content (AvgIpc) is 2.27. The Morgan fingerprint density at radius 1 is 1.69 bits per heavy atom. The number of aromatic nitrogens is 2. The van der Waals surface area contributed by atoms with Crippen LogP contribution in [0.4, 0.5) is 10.6 Å². The molecule has 6 nitrogen and oxygen atoms in total. The van der Waals surface area contributed by atoms with Gasteiger partial charge in [-0.05, 0) is 25.5 Å². The number of aliphatic hydroxyl groups excluding tert-OH is 1. The molecule has 2 N–H and O–H groups in total. The molecule has 0 aliphatic rings. The average molecular weight is 224 g/mol. The molecule has 0 saturated carbocycles. The zero-order chi connectivity index (χ0) is 12.0. The number of rotatable bonds is 4. The van der Waals surface area contributed by atoms with E-state index in [4.69, 9.17) is 5.11 Å². The minimum Gasteiger partial charge on any atom is -0.393 e. The molecule has 1 atom stereocenters. The summed E-state index contributed by atoms with van der Waals surface area (Å²) < 4.78 is 0. The second-order valence-corrected chi connectivity index (χ2v) is 3.60. The molecular weight excluding hydrogens is 208 g/mol. The predicted octanol–water partition coefficient (Wildman–Crippen LogP) is 0.711. The molecular formula is C10H16N4O2. The van der Waals surface area contributed by atoms with Gasteiger partial charge >= 0.3 is 6.03 Å². The lowest BCUT2D eigenvalue weighted by Gasteiger charge is -2.17. The number of anilines is 1. The van der Waals surface area contributed by atoms with Gasteiger partial charge in [-0.15, -0.1) is 5.10 Å². The first-order valence-corrected chi connectivity index (χ1v) is 5.07. The van der Waals surface area contributed by atoms with Crippen molar-refractivity contribution >= 4 is 11.8 Å². The highest BCUT2D eigenvalue weighted by atomic mass is 16.3. The third kappa shape index (κ3) is 4.22. The van der Waals surface area contributed by atoms with E-state index in [-0.39, 0.29) is 6.03 Å². The highest BCUT2D eigenvalue weighted by molar-refractivity contribution is 5.87. The maximum Gasteiger partial charge on any atom is 0.322 e. The van der Waals surface area contributed by atoms with Gasteiger partial charge < -0.3 is 10.0 Å². The van der Waals surface area contributed by atoms with Gasteiger partial charge in [0.25, 0.3) is 0 Å². The van der Waals surface area contributed by atoms with Crippen LogP contribution in [0.1, 0.15) is 13.3 Å². The molecule has 1 aromatic heterocycles. The highest BCUT2D eigenvalue weighted by Crippen LogP contribution is 2.01. The fourth-order valence-corrected chi connectivity index (χ4v) is 1.06. The molecule has 1 rings (SSSR count). The SMILES string of the molecule is CC(O)CCN(C)C(=O)Nc1cccnn1. The molecule has 16 heavy (non-hydrogen) atoms. The first-order chi connectivity index (χ1) is 7.59. The molecule has 0 saturated heterocycles. The Balaban J connectivity index is 2.40. The Morgan fingerprint density at radius 2 is 2.44 bits per heavy atom. The van der Waals surface area contributed by atoms with E-state index in [0.29, 0.717) is 18.8 Å². The largest absolute Gasteiger partial charge is 0.393 e. The minimum atomic E-state index is -0.410. The maximum absolute atomic E-state index is 11.6. The van der Waals surface area contributed by atoms with Crippen molar-refractivity contribution in [1.82, 2.24) is 15.1 Å². The van der Waals surface area contributed by atoms with Crippen LogP contribution in [0.15, 0.2) is 18.3 Å². The van der Waals surface area contributed by atoms with Gasteiger partial charge in [-0.25, -0.2) is 4.79 Å². The molecule has 0 aliphatic heterocycles. The molecule has 1 aromatic rings. The molecule has 0 fully saturated rings. The summed E-state index contributed by atoms with van der Waals surface area (Å²) >= 11 is 0. The first kappa shape index (κ1) is 12.4.